The molecule has 0 saturated carbocycles. The monoisotopic (exact) mass is 275 g/mol. The van der Waals surface area contributed by atoms with Crippen LogP contribution in [0.2, 0.25) is 10.3 Å². The number of aromatic nitrogens is 1. The topological polar surface area (TPSA) is 39.2 Å². The Balaban J connectivity index is 3.06. The third-order valence-electron chi connectivity index (χ3n) is 2.40. The van der Waals surface area contributed by atoms with Gasteiger partial charge in [0.1, 0.15) is 15.9 Å². The molecular weight excluding hydrogens is 261 g/mol. The molecule has 0 N–H and O–H groups in total. The number of rotatable bonds is 3. The van der Waals surface area contributed by atoms with E-state index in [2.05, 4.69) is 4.98 Å². The number of hydrogen-bond donors (Lipinski definition) is 0. The fourth-order valence-electron chi connectivity index (χ4n) is 1.27. The van der Waals surface area contributed by atoms with Crippen LogP contribution in [0.25, 0.3) is 0 Å². The second-order valence-corrected chi connectivity index (χ2v) is 5.03. The van der Waals surface area contributed by atoms with Crippen molar-refractivity contribution in [3.8, 4) is 0 Å². The van der Waals surface area contributed by atoms with Crippen LogP contribution in [-0.2, 0) is 4.74 Å². The molecule has 0 fully saturated rings. The van der Waals surface area contributed by atoms with Crippen LogP contribution in [0.15, 0.2) is 0 Å². The van der Waals surface area contributed by atoms with Gasteiger partial charge in [0.2, 0.25) is 0 Å². The summed E-state index contributed by atoms with van der Waals surface area (Å²) in [6, 6.07) is 0. The molecule has 17 heavy (non-hydrogen) atoms. The quantitative estimate of drug-likeness (QED) is 0.622. The average Bonchev–Trinajstić information content (AvgIpc) is 2.23. The van der Waals surface area contributed by atoms with Gasteiger partial charge in [-0.15, -0.1) is 0 Å². The third-order valence-corrected chi connectivity index (χ3v) is 3.04. The number of carbonyl (C=O) groups excluding carboxylic acids is 1. The van der Waals surface area contributed by atoms with E-state index in [0.717, 1.165) is 5.56 Å². The number of hydrogen-bond acceptors (Lipinski definition) is 3. The molecule has 0 aliphatic rings. The number of pyridine rings is 1. The van der Waals surface area contributed by atoms with Crippen molar-refractivity contribution < 1.29 is 9.53 Å². The molecule has 0 saturated heterocycles. The van der Waals surface area contributed by atoms with E-state index in [0.29, 0.717) is 22.9 Å². The molecule has 0 aliphatic heterocycles. The smallest absolute Gasteiger partial charge is 0.341 e. The molecule has 0 aliphatic carbocycles. The molecule has 0 amide bonds. The van der Waals surface area contributed by atoms with Crippen molar-refractivity contribution >= 4 is 29.2 Å². The molecule has 3 nitrogen and oxygen atoms in total. The van der Waals surface area contributed by atoms with Gasteiger partial charge in [0.25, 0.3) is 0 Å². The van der Waals surface area contributed by atoms with Crippen molar-refractivity contribution in [2.75, 3.05) is 6.61 Å². The van der Waals surface area contributed by atoms with E-state index in [-0.39, 0.29) is 11.1 Å². The fraction of sp³-hybridized carbons (Fsp3) is 0.500. The molecule has 1 rings (SSSR count). The molecule has 1 aromatic heterocycles. The number of carbonyl (C=O) groups is 1. The summed E-state index contributed by atoms with van der Waals surface area (Å²) in [4.78, 5) is 15.8. The predicted molar refractivity (Wildman–Crippen MR) is 68.9 cm³/mol. The van der Waals surface area contributed by atoms with Gasteiger partial charge in [-0.2, -0.15) is 0 Å². The van der Waals surface area contributed by atoms with Crippen molar-refractivity contribution in [2.24, 2.45) is 5.92 Å². The molecule has 0 unspecified atom stereocenters. The third kappa shape index (κ3) is 3.33. The summed E-state index contributed by atoms with van der Waals surface area (Å²) in [6.45, 7) is 7.86. The Morgan fingerprint density at radius 3 is 2.35 bits per heavy atom. The summed E-state index contributed by atoms with van der Waals surface area (Å²) in [6.07, 6.45) is 0. The Morgan fingerprint density at radius 2 is 1.82 bits per heavy atom. The molecule has 94 valence electrons. The summed E-state index contributed by atoms with van der Waals surface area (Å²) in [5, 5.41) is 0.403. The Hall–Kier alpha value is -0.800. The highest BCUT2D eigenvalue weighted by Crippen LogP contribution is 2.26. The van der Waals surface area contributed by atoms with Crippen LogP contribution in [0.3, 0.4) is 0 Å². The van der Waals surface area contributed by atoms with Gasteiger partial charge in [-0.25, -0.2) is 9.78 Å². The number of halogens is 2. The molecule has 5 heteroatoms. The zero-order valence-electron chi connectivity index (χ0n) is 10.3. The van der Waals surface area contributed by atoms with Gasteiger partial charge >= 0.3 is 5.97 Å². The Kier molecular flexibility index (Phi) is 4.78. The van der Waals surface area contributed by atoms with Gasteiger partial charge in [0.15, 0.2) is 0 Å². The van der Waals surface area contributed by atoms with Crippen LogP contribution in [0, 0.1) is 19.8 Å². The lowest BCUT2D eigenvalue weighted by atomic mass is 10.1. The normalized spacial score (nSPS) is 10.8. The Morgan fingerprint density at radius 1 is 1.24 bits per heavy atom. The summed E-state index contributed by atoms with van der Waals surface area (Å²) < 4.78 is 5.14. The van der Waals surface area contributed by atoms with E-state index >= 15 is 0 Å². The summed E-state index contributed by atoms with van der Waals surface area (Å²) in [5.74, 6) is -0.173. The fourth-order valence-corrected chi connectivity index (χ4v) is 1.85. The van der Waals surface area contributed by atoms with Gasteiger partial charge in [-0.3, -0.25) is 0 Å². The highest BCUT2D eigenvalue weighted by Gasteiger charge is 2.20. The minimum Gasteiger partial charge on any atom is -0.462 e. The Bertz CT molecular complexity index is 445. The standard InChI is InChI=1S/C12H15Cl2NO2/c1-6(2)5-17-12(16)9-7(3)8(4)10(13)15-11(9)14/h6H,5H2,1-4H3. The van der Waals surface area contributed by atoms with E-state index in [1.807, 2.05) is 13.8 Å². The first-order valence-electron chi connectivity index (χ1n) is 5.34. The van der Waals surface area contributed by atoms with E-state index in [1.165, 1.54) is 0 Å². The lowest BCUT2D eigenvalue weighted by Gasteiger charge is -2.12. The van der Waals surface area contributed by atoms with E-state index in [9.17, 15) is 4.79 Å². The van der Waals surface area contributed by atoms with Crippen molar-refractivity contribution in [2.45, 2.75) is 27.7 Å². The summed E-state index contributed by atoms with van der Waals surface area (Å²) in [5.41, 5.74) is 1.76. The van der Waals surface area contributed by atoms with E-state index in [1.54, 1.807) is 13.8 Å². The maximum absolute atomic E-state index is 11.9. The minimum atomic E-state index is -0.450. The molecule has 0 spiro atoms. The van der Waals surface area contributed by atoms with Gasteiger partial charge < -0.3 is 4.74 Å². The maximum Gasteiger partial charge on any atom is 0.341 e. The van der Waals surface area contributed by atoms with Crippen LogP contribution in [0.1, 0.15) is 35.3 Å². The molecule has 0 radical (unpaired) electrons. The van der Waals surface area contributed by atoms with Gasteiger partial charge in [-0.05, 0) is 30.9 Å². The first-order valence-corrected chi connectivity index (χ1v) is 6.09. The number of nitrogens with zero attached hydrogens (tertiary/aromatic N) is 1. The van der Waals surface area contributed by atoms with Crippen LogP contribution >= 0.6 is 23.2 Å². The number of ether oxygens (including phenoxy) is 1. The van der Waals surface area contributed by atoms with Gasteiger partial charge in [0, 0.05) is 0 Å². The van der Waals surface area contributed by atoms with Crippen LogP contribution in [0.4, 0.5) is 0 Å². The van der Waals surface area contributed by atoms with Crippen LogP contribution < -0.4 is 0 Å². The zero-order chi connectivity index (χ0) is 13.2. The van der Waals surface area contributed by atoms with Gasteiger partial charge in [-0.1, -0.05) is 37.0 Å². The second kappa shape index (κ2) is 5.69. The molecule has 1 aromatic rings. The van der Waals surface area contributed by atoms with Crippen molar-refractivity contribution in [1.29, 1.82) is 0 Å². The highest BCUT2D eigenvalue weighted by molar-refractivity contribution is 6.35. The van der Waals surface area contributed by atoms with Crippen molar-refractivity contribution in [3.05, 3.63) is 27.0 Å². The minimum absolute atomic E-state index is 0.0897. The first kappa shape index (κ1) is 14.3. The molecule has 0 bridgehead atoms. The Labute approximate surface area is 111 Å². The number of esters is 1. The van der Waals surface area contributed by atoms with E-state index in [4.69, 9.17) is 27.9 Å². The largest absolute Gasteiger partial charge is 0.462 e. The zero-order valence-corrected chi connectivity index (χ0v) is 11.8. The highest BCUT2D eigenvalue weighted by atomic mass is 35.5. The predicted octanol–water partition coefficient (Wildman–Crippen LogP) is 3.82. The first-order chi connectivity index (χ1) is 7.84. The van der Waals surface area contributed by atoms with Gasteiger partial charge in [0.05, 0.1) is 6.61 Å². The SMILES string of the molecule is Cc1c(Cl)nc(Cl)c(C(=O)OCC(C)C)c1C. The maximum atomic E-state index is 11.9. The second-order valence-electron chi connectivity index (χ2n) is 4.31. The summed E-state index contributed by atoms with van der Waals surface area (Å²) >= 11 is 11.8. The molecule has 1 heterocycles. The van der Waals surface area contributed by atoms with Crippen molar-refractivity contribution in [3.63, 3.8) is 0 Å². The summed E-state index contributed by atoms with van der Waals surface area (Å²) in [7, 11) is 0. The van der Waals surface area contributed by atoms with E-state index < -0.39 is 5.97 Å². The molecule has 0 aromatic carbocycles. The average molecular weight is 276 g/mol. The van der Waals surface area contributed by atoms with Crippen molar-refractivity contribution in [1.82, 2.24) is 4.98 Å². The lowest BCUT2D eigenvalue weighted by molar-refractivity contribution is 0.0457. The van der Waals surface area contributed by atoms with Crippen LogP contribution in [-0.4, -0.2) is 17.6 Å². The van der Waals surface area contributed by atoms with Crippen LogP contribution in [0.5, 0.6) is 0 Å². The molecular formula is C12H15Cl2NO2. The lowest BCUT2D eigenvalue weighted by Crippen LogP contribution is -2.13. The molecule has 0 atom stereocenters.